The Morgan fingerprint density at radius 1 is 1.12 bits per heavy atom. The number of halogens is 1. The van der Waals surface area contributed by atoms with Crippen molar-refractivity contribution in [3.05, 3.63) is 75.4 Å². The minimum atomic E-state index is -0.629. The fraction of sp³-hybridized carbons (Fsp3) is 0.360. The van der Waals surface area contributed by atoms with Crippen molar-refractivity contribution < 1.29 is 14.3 Å². The van der Waals surface area contributed by atoms with E-state index in [1.807, 2.05) is 6.07 Å². The van der Waals surface area contributed by atoms with Crippen LogP contribution in [0.2, 0.25) is 5.02 Å². The van der Waals surface area contributed by atoms with Crippen molar-refractivity contribution in [2.75, 3.05) is 44.7 Å². The Morgan fingerprint density at radius 2 is 1.88 bits per heavy atom. The first-order chi connectivity index (χ1) is 15.9. The monoisotopic (exact) mass is 468 g/mol. The average molecular weight is 469 g/mol. The molecule has 2 aliphatic heterocycles. The van der Waals surface area contributed by atoms with Gasteiger partial charge in [-0.2, -0.15) is 0 Å². The molecule has 2 aromatic rings. The summed E-state index contributed by atoms with van der Waals surface area (Å²) >= 11 is 6.17. The van der Waals surface area contributed by atoms with Crippen molar-refractivity contribution in [1.29, 1.82) is 0 Å². The number of carbonyl (C=O) groups excluding carboxylic acids is 2. The molecule has 1 unspecified atom stereocenters. The number of aryl methyl sites for hydroxylation is 2. The van der Waals surface area contributed by atoms with Crippen LogP contribution in [0.15, 0.2) is 53.7 Å². The van der Waals surface area contributed by atoms with Crippen molar-refractivity contribution in [3.63, 3.8) is 0 Å². The highest BCUT2D eigenvalue weighted by atomic mass is 35.5. The predicted molar refractivity (Wildman–Crippen MR) is 129 cm³/mol. The second kappa shape index (κ2) is 9.85. The van der Waals surface area contributed by atoms with Crippen LogP contribution in [0.3, 0.4) is 0 Å². The molecular weight excluding hydrogens is 440 g/mol. The molecule has 174 valence electrons. The Balaban J connectivity index is 1.55. The number of carbonyl (C=O) groups is 2. The highest BCUT2D eigenvalue weighted by molar-refractivity contribution is 6.30. The molecule has 0 aromatic heterocycles. The number of ether oxygens (including phenoxy) is 1. The molecular formula is C25H29ClN4O3. The molecule has 33 heavy (non-hydrogen) atoms. The number of hydrogen-bond acceptors (Lipinski definition) is 5. The van der Waals surface area contributed by atoms with Gasteiger partial charge in [-0.25, -0.2) is 9.59 Å². The molecule has 0 bridgehead atoms. The Hall–Kier alpha value is -3.03. The number of nitrogens with one attached hydrogen (secondary N) is 2. The number of hydrogen-bond donors (Lipinski definition) is 2. The fourth-order valence-corrected chi connectivity index (χ4v) is 4.66. The zero-order chi connectivity index (χ0) is 23.5. The first-order valence-corrected chi connectivity index (χ1v) is 11.4. The maximum absolute atomic E-state index is 12.8. The molecule has 1 atom stereocenters. The predicted octanol–water partition coefficient (Wildman–Crippen LogP) is 3.56. The van der Waals surface area contributed by atoms with Crippen molar-refractivity contribution in [2.45, 2.75) is 19.9 Å². The van der Waals surface area contributed by atoms with Crippen LogP contribution in [0.1, 0.15) is 22.7 Å². The van der Waals surface area contributed by atoms with Crippen LogP contribution in [0.5, 0.6) is 0 Å². The summed E-state index contributed by atoms with van der Waals surface area (Å²) < 4.78 is 5.08. The topological polar surface area (TPSA) is 73.9 Å². The van der Waals surface area contributed by atoms with Crippen LogP contribution in [-0.2, 0) is 9.53 Å². The van der Waals surface area contributed by atoms with E-state index in [-0.39, 0.29) is 6.03 Å². The Kier molecular flexibility index (Phi) is 6.91. The summed E-state index contributed by atoms with van der Waals surface area (Å²) in [6.07, 6.45) is 0. The van der Waals surface area contributed by atoms with Crippen LogP contribution in [0.25, 0.3) is 0 Å². The molecule has 4 rings (SSSR count). The Bertz CT molecular complexity index is 1090. The third-order valence-electron chi connectivity index (χ3n) is 6.20. The van der Waals surface area contributed by atoms with E-state index in [9.17, 15) is 9.59 Å². The molecule has 2 heterocycles. The van der Waals surface area contributed by atoms with Crippen LogP contribution in [0.4, 0.5) is 10.5 Å². The second-order valence-corrected chi connectivity index (χ2v) is 8.96. The molecule has 7 nitrogen and oxygen atoms in total. The zero-order valence-corrected chi connectivity index (χ0v) is 19.9. The highest BCUT2D eigenvalue weighted by Gasteiger charge is 2.34. The van der Waals surface area contributed by atoms with Gasteiger partial charge in [0.25, 0.3) is 0 Å². The van der Waals surface area contributed by atoms with Gasteiger partial charge in [0.2, 0.25) is 0 Å². The van der Waals surface area contributed by atoms with Gasteiger partial charge in [-0.1, -0.05) is 35.9 Å². The summed E-state index contributed by atoms with van der Waals surface area (Å²) in [7, 11) is 1.35. The lowest BCUT2D eigenvalue weighted by atomic mass is 9.95. The van der Waals surface area contributed by atoms with Gasteiger partial charge in [0.1, 0.15) is 0 Å². The van der Waals surface area contributed by atoms with E-state index in [0.717, 1.165) is 31.7 Å². The quantitative estimate of drug-likeness (QED) is 0.656. The number of anilines is 1. The summed E-state index contributed by atoms with van der Waals surface area (Å²) in [5, 5.41) is 6.22. The molecule has 2 N–H and O–H groups in total. The number of benzene rings is 2. The lowest BCUT2D eigenvalue weighted by Gasteiger charge is -2.38. The first kappa shape index (κ1) is 23.1. The summed E-state index contributed by atoms with van der Waals surface area (Å²) in [5.74, 6) is -0.475. The van der Waals surface area contributed by atoms with E-state index in [2.05, 4.69) is 52.5 Å². The minimum Gasteiger partial charge on any atom is -0.466 e. The third-order valence-corrected chi connectivity index (χ3v) is 6.44. The average Bonchev–Trinajstić information content (AvgIpc) is 2.80. The maximum atomic E-state index is 12.8. The van der Waals surface area contributed by atoms with Crippen LogP contribution < -0.4 is 15.5 Å². The van der Waals surface area contributed by atoms with Gasteiger partial charge in [-0.05, 0) is 48.7 Å². The van der Waals surface area contributed by atoms with Gasteiger partial charge >= 0.3 is 12.0 Å². The van der Waals surface area contributed by atoms with E-state index in [4.69, 9.17) is 16.3 Å². The number of esters is 1. The first-order valence-electron chi connectivity index (χ1n) is 11.0. The number of urea groups is 1. The van der Waals surface area contributed by atoms with Crippen LogP contribution in [-0.4, -0.2) is 56.7 Å². The van der Waals surface area contributed by atoms with E-state index in [0.29, 0.717) is 22.8 Å². The number of methoxy groups -OCH3 is 1. The SMILES string of the molecule is COC(=O)C1=C(CN2CCN(c3cc(C)ccc3C)CC2)NC(=O)NC1c1cccc(Cl)c1. The molecule has 0 aliphatic carbocycles. The van der Waals surface area contributed by atoms with Gasteiger partial charge in [0.15, 0.2) is 0 Å². The maximum Gasteiger partial charge on any atom is 0.338 e. The number of amides is 2. The smallest absolute Gasteiger partial charge is 0.338 e. The molecule has 0 spiro atoms. The molecule has 2 amide bonds. The lowest BCUT2D eigenvalue weighted by Crippen LogP contribution is -2.51. The molecule has 2 aliphatic rings. The van der Waals surface area contributed by atoms with E-state index < -0.39 is 12.0 Å². The number of piperazine rings is 1. The van der Waals surface area contributed by atoms with Gasteiger partial charge in [0.05, 0.1) is 18.7 Å². The molecule has 1 saturated heterocycles. The molecule has 0 radical (unpaired) electrons. The summed E-state index contributed by atoms with van der Waals surface area (Å²) in [5.41, 5.74) is 5.47. The number of rotatable bonds is 5. The number of nitrogens with zero attached hydrogens (tertiary/aromatic N) is 2. The highest BCUT2D eigenvalue weighted by Crippen LogP contribution is 2.30. The Morgan fingerprint density at radius 3 is 2.58 bits per heavy atom. The molecule has 0 saturated carbocycles. The van der Waals surface area contributed by atoms with Crippen molar-refractivity contribution >= 4 is 29.3 Å². The molecule has 1 fully saturated rings. The fourth-order valence-electron chi connectivity index (χ4n) is 4.46. The Labute approximate surface area is 199 Å². The second-order valence-electron chi connectivity index (χ2n) is 8.52. The molecule has 8 heteroatoms. The summed E-state index contributed by atoms with van der Waals surface area (Å²) in [6, 6.07) is 12.7. The lowest BCUT2D eigenvalue weighted by molar-refractivity contribution is -0.136. The van der Waals surface area contributed by atoms with Gasteiger partial charge in [-0.15, -0.1) is 0 Å². The van der Waals surface area contributed by atoms with Gasteiger partial charge in [-0.3, -0.25) is 4.90 Å². The van der Waals surface area contributed by atoms with E-state index >= 15 is 0 Å². The summed E-state index contributed by atoms with van der Waals surface area (Å²) in [4.78, 5) is 29.9. The summed E-state index contributed by atoms with van der Waals surface area (Å²) in [6.45, 7) is 8.07. The van der Waals surface area contributed by atoms with Crippen LogP contribution in [0, 0.1) is 13.8 Å². The minimum absolute atomic E-state index is 0.350. The van der Waals surface area contributed by atoms with Crippen molar-refractivity contribution in [3.8, 4) is 0 Å². The van der Waals surface area contributed by atoms with Crippen molar-refractivity contribution in [2.24, 2.45) is 0 Å². The van der Waals surface area contributed by atoms with E-state index in [1.54, 1.807) is 18.2 Å². The zero-order valence-electron chi connectivity index (χ0n) is 19.2. The van der Waals surface area contributed by atoms with E-state index in [1.165, 1.54) is 23.9 Å². The molecule has 2 aromatic carbocycles. The van der Waals surface area contributed by atoms with Crippen LogP contribution >= 0.6 is 11.6 Å². The third kappa shape index (κ3) is 5.15. The van der Waals surface area contributed by atoms with Crippen molar-refractivity contribution in [1.82, 2.24) is 15.5 Å². The van der Waals surface area contributed by atoms with Gasteiger partial charge in [0, 0.05) is 49.1 Å². The largest absolute Gasteiger partial charge is 0.466 e. The van der Waals surface area contributed by atoms with Gasteiger partial charge < -0.3 is 20.3 Å². The normalized spacial score (nSPS) is 19.2. The standard InChI is InChI=1S/C25H29ClN4O3/c1-16-7-8-17(2)21(13-16)30-11-9-29(10-12-30)15-20-22(24(31)33-3)23(28-25(32)27-20)18-5-4-6-19(26)14-18/h4-8,13-14,23H,9-12,15H2,1-3H3,(H2,27,28,32).